The summed E-state index contributed by atoms with van der Waals surface area (Å²) in [6.45, 7) is 2.15. The summed E-state index contributed by atoms with van der Waals surface area (Å²) < 4.78 is 0.557. The zero-order valence-corrected chi connectivity index (χ0v) is 7.57. The second-order valence-corrected chi connectivity index (χ2v) is 3.91. The summed E-state index contributed by atoms with van der Waals surface area (Å²) in [6.07, 6.45) is 1.83. The third kappa shape index (κ3) is 1.96. The Morgan fingerprint density at radius 3 is 2.78 bits per heavy atom. The minimum atomic E-state index is 0. The third-order valence-electron chi connectivity index (χ3n) is 1.10. The molecule has 0 aromatic carbocycles. The minimum Gasteiger partial charge on any atom is 1.00 e. The van der Waals surface area contributed by atoms with E-state index in [4.69, 9.17) is 0 Å². The van der Waals surface area contributed by atoms with Crippen molar-refractivity contribution in [3.05, 3.63) is 30.1 Å². The summed E-state index contributed by atoms with van der Waals surface area (Å²) in [5.41, 5.74) is 1.17. The monoisotopic (exact) mass is 237 g/mol. The summed E-state index contributed by atoms with van der Waals surface area (Å²) in [6, 6.07) is 6.00. The third-order valence-corrected chi connectivity index (χ3v) is 1.79. The van der Waals surface area contributed by atoms with Gasteiger partial charge in [0.2, 0.25) is 0 Å². The molecule has 47 valence electrons. The van der Waals surface area contributed by atoms with Crippen LogP contribution in [0.25, 0.3) is 0 Å². The fraction of sp³-hybridized carbons (Fsp3) is 0.286. The van der Waals surface area contributed by atoms with Crippen molar-refractivity contribution in [3.63, 3.8) is 0 Å². The molecule has 0 amide bonds. The smallest absolute Gasteiger partial charge is 1.00 e. The van der Waals surface area contributed by atoms with Crippen LogP contribution in [-0.2, 0) is 0 Å². The molecule has 0 N–H and O–H groups in total. The van der Waals surface area contributed by atoms with E-state index in [0.29, 0.717) is 3.97 Å². The van der Waals surface area contributed by atoms with Gasteiger partial charge in [0.25, 0.3) is 0 Å². The summed E-state index contributed by atoms with van der Waals surface area (Å²) in [5, 5.41) is 0. The van der Waals surface area contributed by atoms with Crippen LogP contribution in [0.15, 0.2) is 24.4 Å². The molecular weight excluding hydrogens is 226 g/mol. The van der Waals surface area contributed by atoms with Crippen LogP contribution in [0.2, 0.25) is 0 Å². The first kappa shape index (κ1) is 7.05. The number of aromatic nitrogens is 1. The first-order valence-corrected chi connectivity index (χ1v) is 4.22. The molecule has 9 heavy (non-hydrogen) atoms. The molecule has 0 aliphatic rings. The Labute approximate surface area is 69.9 Å². The quantitative estimate of drug-likeness (QED) is 0.670. The van der Waals surface area contributed by atoms with E-state index in [9.17, 15) is 0 Å². The number of hydrogen-bond acceptors (Lipinski definition) is 1. The van der Waals surface area contributed by atoms with Crippen LogP contribution in [0.3, 0.4) is 0 Å². The topological polar surface area (TPSA) is 12.9 Å². The molecule has 1 heterocycles. The molecule has 1 aromatic heterocycles. The molecule has 1 radical (unpaired) electrons. The van der Waals surface area contributed by atoms with Gasteiger partial charge in [0.1, 0.15) is 0 Å². The van der Waals surface area contributed by atoms with E-state index in [2.05, 4.69) is 34.2 Å². The van der Waals surface area contributed by atoms with E-state index < -0.39 is 0 Å². The Morgan fingerprint density at radius 1 is 1.67 bits per heavy atom. The molecule has 0 aliphatic carbocycles. The van der Waals surface area contributed by atoms with Gasteiger partial charge < -0.3 is 0 Å². The van der Waals surface area contributed by atoms with Crippen LogP contribution in [0, 0.1) is 0 Å². The van der Waals surface area contributed by atoms with Crippen molar-refractivity contribution < 1.29 is 1.43 Å². The molecule has 0 fully saturated rings. The molecule has 0 aliphatic heterocycles. The van der Waals surface area contributed by atoms with E-state index in [1.165, 1.54) is 5.69 Å². The van der Waals surface area contributed by atoms with Gasteiger partial charge in [-0.1, -0.05) is 0 Å². The van der Waals surface area contributed by atoms with E-state index in [1.807, 2.05) is 24.4 Å². The van der Waals surface area contributed by atoms with Gasteiger partial charge in [0.05, 0.1) is 0 Å². The van der Waals surface area contributed by atoms with Crippen molar-refractivity contribution in [1.82, 2.24) is 4.98 Å². The summed E-state index contributed by atoms with van der Waals surface area (Å²) >= 11 is 2.07. The molecule has 0 bridgehead atoms. The number of pyridine rings is 1. The summed E-state index contributed by atoms with van der Waals surface area (Å²) in [5.74, 6) is 0. The standard InChI is InChI=1S/C7H8NTe/c1-6(9)7-4-2-3-5-8-7/h2-6H,1H3/p+1. The van der Waals surface area contributed by atoms with Crippen LogP contribution in [-0.4, -0.2) is 27.3 Å². The van der Waals surface area contributed by atoms with Crippen LogP contribution in [0.1, 0.15) is 18.0 Å². The van der Waals surface area contributed by atoms with E-state index >= 15 is 0 Å². The first-order valence-electron chi connectivity index (χ1n) is 2.87. The van der Waals surface area contributed by atoms with Crippen LogP contribution < -0.4 is 0 Å². The van der Waals surface area contributed by atoms with Crippen molar-refractivity contribution in [1.29, 1.82) is 0 Å². The maximum absolute atomic E-state index is 4.18. The van der Waals surface area contributed by atoms with Crippen molar-refractivity contribution >= 4 is 22.3 Å². The Morgan fingerprint density at radius 2 is 2.44 bits per heavy atom. The maximum Gasteiger partial charge on any atom is 1.00 e. The van der Waals surface area contributed by atoms with Crippen molar-refractivity contribution in [2.75, 3.05) is 0 Å². The summed E-state index contributed by atoms with van der Waals surface area (Å²) in [4.78, 5) is 4.18. The van der Waals surface area contributed by atoms with E-state index in [0.717, 1.165) is 0 Å². The maximum atomic E-state index is 4.18. The van der Waals surface area contributed by atoms with Crippen molar-refractivity contribution in [3.8, 4) is 0 Å². The van der Waals surface area contributed by atoms with Gasteiger partial charge in [0.15, 0.2) is 0 Å². The largest absolute Gasteiger partial charge is 1.00 e. The molecule has 0 spiro atoms. The Kier molecular flexibility index (Phi) is 2.50. The van der Waals surface area contributed by atoms with Crippen LogP contribution in [0.4, 0.5) is 0 Å². The first-order chi connectivity index (χ1) is 4.30. The molecule has 2 heteroatoms. The molecular formula is C7H9NTe+. The van der Waals surface area contributed by atoms with Gasteiger partial charge in [0, 0.05) is 0 Å². The second kappa shape index (κ2) is 3.19. The predicted molar refractivity (Wildman–Crippen MR) is 39.5 cm³/mol. The van der Waals surface area contributed by atoms with Gasteiger partial charge >= 0.3 is 69.7 Å². The molecule has 1 atom stereocenters. The van der Waals surface area contributed by atoms with Crippen LogP contribution in [0.5, 0.6) is 0 Å². The minimum absolute atomic E-state index is 0. The van der Waals surface area contributed by atoms with E-state index in [1.54, 1.807) is 0 Å². The van der Waals surface area contributed by atoms with Gasteiger partial charge in [-0.25, -0.2) is 0 Å². The number of nitrogens with zero attached hydrogens (tertiary/aromatic N) is 1. The Balaban J connectivity index is 0.000000810. The normalized spacial score (nSPS) is 13.1. The average molecular weight is 235 g/mol. The van der Waals surface area contributed by atoms with E-state index in [-0.39, 0.29) is 1.43 Å². The van der Waals surface area contributed by atoms with Gasteiger partial charge in [-0.15, -0.1) is 0 Å². The fourth-order valence-corrected chi connectivity index (χ4v) is 1.01. The summed E-state index contributed by atoms with van der Waals surface area (Å²) in [7, 11) is 0. The zero-order valence-electron chi connectivity index (χ0n) is 6.24. The molecule has 1 unspecified atom stereocenters. The molecule has 0 saturated carbocycles. The Bertz CT molecular complexity index is 176. The Hall–Kier alpha value is -0.0604. The van der Waals surface area contributed by atoms with Gasteiger partial charge in [-0.3, -0.25) is 0 Å². The zero-order chi connectivity index (χ0) is 6.69. The molecule has 1 aromatic rings. The second-order valence-electron chi connectivity index (χ2n) is 1.90. The molecule has 1 nitrogen and oxygen atoms in total. The molecule has 1 rings (SSSR count). The predicted octanol–water partition coefficient (Wildman–Crippen LogP) is 1.42. The average Bonchev–Trinajstić information content (AvgIpc) is 1.90. The van der Waals surface area contributed by atoms with Crippen molar-refractivity contribution in [2.24, 2.45) is 0 Å². The molecule has 0 saturated heterocycles. The van der Waals surface area contributed by atoms with Gasteiger partial charge in [-0.05, 0) is 0 Å². The van der Waals surface area contributed by atoms with Crippen LogP contribution >= 0.6 is 0 Å². The fourth-order valence-electron chi connectivity index (χ4n) is 0.616. The number of hydrogen-bond donors (Lipinski definition) is 0. The van der Waals surface area contributed by atoms with Gasteiger partial charge in [-0.2, -0.15) is 0 Å². The SMILES string of the molecule is CC([Te])c1ccccn1.[H+]. The number of rotatable bonds is 1. The van der Waals surface area contributed by atoms with Crippen molar-refractivity contribution in [2.45, 2.75) is 10.9 Å².